The summed E-state index contributed by atoms with van der Waals surface area (Å²) in [6.45, 7) is 26.4. The Morgan fingerprint density at radius 1 is 1.02 bits per heavy atom. The van der Waals surface area contributed by atoms with Crippen LogP contribution in [0.1, 0.15) is 126 Å². The molecule has 0 radical (unpaired) electrons. The number of Topliss-reactive ketones (excluding diaryl/α,β-unsaturated/α-hetero) is 1. The molecule has 3 N–H and O–H groups in total. The number of carbonyl (C=O) groups is 3. The lowest BCUT2D eigenvalue weighted by atomic mass is 9.78. The first-order valence-electron chi connectivity index (χ1n) is 22.2. The molecule has 1 fully saturated rings. The van der Waals surface area contributed by atoms with Gasteiger partial charge in [-0.15, -0.1) is 0 Å². The van der Waals surface area contributed by atoms with Crippen LogP contribution in [-0.4, -0.2) is 138 Å². The summed E-state index contributed by atoms with van der Waals surface area (Å²) in [5.41, 5.74) is -0.393. The average Bonchev–Trinajstić information content (AvgIpc) is 3.18. The van der Waals surface area contributed by atoms with Crippen molar-refractivity contribution in [3.05, 3.63) is 29.3 Å². The van der Waals surface area contributed by atoms with Crippen LogP contribution in [0.5, 0.6) is 5.75 Å². The maximum absolute atomic E-state index is 14.2. The quantitative estimate of drug-likeness (QED) is 0.0587. The summed E-state index contributed by atoms with van der Waals surface area (Å²) in [6, 6.07) is 5.63. The van der Waals surface area contributed by atoms with Crippen molar-refractivity contribution in [1.82, 2.24) is 9.80 Å². The summed E-state index contributed by atoms with van der Waals surface area (Å²) < 4.78 is 31.1. The number of rotatable bonds is 24. The molecule has 1 aromatic rings. The molecule has 2 rings (SSSR count). The second-order valence-corrected chi connectivity index (χ2v) is 18.3. The Labute approximate surface area is 362 Å². The molecule has 13 heteroatoms. The molecule has 1 aliphatic rings. The second kappa shape index (κ2) is 25.5. The van der Waals surface area contributed by atoms with Gasteiger partial charge in [-0.1, -0.05) is 46.8 Å². The number of likely N-dealkylation sites (N-methyl/N-ethyl adjacent to an activating group) is 2. The van der Waals surface area contributed by atoms with Gasteiger partial charge in [0.2, 0.25) is 0 Å². The zero-order chi connectivity index (χ0) is 46.3. The highest BCUT2D eigenvalue weighted by Gasteiger charge is 2.50. The molecule has 348 valence electrons. The van der Waals surface area contributed by atoms with Gasteiger partial charge in [0.1, 0.15) is 17.8 Å². The van der Waals surface area contributed by atoms with Gasteiger partial charge in [0.15, 0.2) is 18.2 Å². The molecule has 1 unspecified atom stereocenters. The number of benzene rings is 1. The first-order valence-corrected chi connectivity index (χ1v) is 22.2. The molecule has 0 bridgehead atoms. The van der Waals surface area contributed by atoms with Gasteiger partial charge in [0.05, 0.1) is 48.6 Å². The molecule has 12 atom stereocenters. The van der Waals surface area contributed by atoms with E-state index < -0.39 is 71.3 Å². The number of esters is 2. The molecule has 0 aliphatic carbocycles. The molecule has 0 aromatic heterocycles. The van der Waals surface area contributed by atoms with Crippen LogP contribution in [0.25, 0.3) is 0 Å². The summed E-state index contributed by atoms with van der Waals surface area (Å²) in [5.74, 6) is -3.31. The fourth-order valence-electron chi connectivity index (χ4n) is 7.79. The lowest BCUT2D eigenvalue weighted by Crippen LogP contribution is -2.60. The predicted molar refractivity (Wildman–Crippen MR) is 236 cm³/mol. The van der Waals surface area contributed by atoms with E-state index in [1.807, 2.05) is 111 Å². The van der Waals surface area contributed by atoms with E-state index in [0.29, 0.717) is 38.8 Å². The van der Waals surface area contributed by atoms with Crippen LogP contribution in [0, 0.1) is 37.0 Å². The van der Waals surface area contributed by atoms with Crippen molar-refractivity contribution in [3.63, 3.8) is 0 Å². The normalized spacial score (nSPS) is 22.9. The van der Waals surface area contributed by atoms with Gasteiger partial charge in [0, 0.05) is 18.5 Å². The van der Waals surface area contributed by atoms with Gasteiger partial charge in [0.25, 0.3) is 0 Å². The Morgan fingerprint density at radius 2 is 1.63 bits per heavy atom. The van der Waals surface area contributed by atoms with Crippen molar-refractivity contribution < 1.29 is 53.4 Å². The Bertz CT molecular complexity index is 1450. The van der Waals surface area contributed by atoms with Crippen LogP contribution >= 0.6 is 0 Å². The van der Waals surface area contributed by atoms with Crippen molar-refractivity contribution in [2.45, 2.75) is 184 Å². The Balaban J connectivity index is 0.00000886. The Kier molecular flexibility index (Phi) is 23.5. The SMILES string of the molecule is CC.CC[C@@H](OC(=O)[C@H](C)C(=O)[C@H](C)[C@@H](O[C@@H]1O[C@H](C)C[C@H](N(C)C)[C@H]1OC(=O)C(C)(C)CCCOc1cc(C)ccc1C)[C@](C)(O)C[C@@H](C)CN(C)[C@H](C)CO)C(C)O. The molecular weight excluding hydrogens is 769 g/mol. The predicted octanol–water partition coefficient (Wildman–Crippen LogP) is 6.51. The number of aliphatic hydroxyl groups is 3. The minimum absolute atomic E-state index is 0.0269. The van der Waals surface area contributed by atoms with Crippen molar-refractivity contribution >= 4 is 17.7 Å². The van der Waals surface area contributed by atoms with Crippen molar-refractivity contribution in [3.8, 4) is 5.75 Å². The highest BCUT2D eigenvalue weighted by Crippen LogP contribution is 2.37. The van der Waals surface area contributed by atoms with Crippen molar-refractivity contribution in [1.29, 1.82) is 0 Å². The van der Waals surface area contributed by atoms with Gasteiger partial charge in [-0.2, -0.15) is 0 Å². The number of aliphatic hydroxyl groups excluding tert-OH is 2. The number of aryl methyl sites for hydroxylation is 2. The summed E-state index contributed by atoms with van der Waals surface area (Å²) >= 11 is 0. The van der Waals surface area contributed by atoms with Crippen LogP contribution in [0.2, 0.25) is 0 Å². The average molecular weight is 853 g/mol. The second-order valence-electron chi connectivity index (χ2n) is 18.3. The van der Waals surface area contributed by atoms with E-state index in [1.165, 1.54) is 13.8 Å². The van der Waals surface area contributed by atoms with Crippen LogP contribution < -0.4 is 4.74 Å². The van der Waals surface area contributed by atoms with E-state index in [0.717, 1.165) is 16.9 Å². The van der Waals surface area contributed by atoms with Gasteiger partial charge in [-0.25, -0.2) is 0 Å². The largest absolute Gasteiger partial charge is 0.493 e. The van der Waals surface area contributed by atoms with Crippen LogP contribution in [0.15, 0.2) is 18.2 Å². The zero-order valence-corrected chi connectivity index (χ0v) is 40.2. The van der Waals surface area contributed by atoms with Crippen molar-refractivity contribution in [2.24, 2.45) is 23.2 Å². The molecule has 1 aromatic carbocycles. The van der Waals surface area contributed by atoms with E-state index in [2.05, 4.69) is 0 Å². The van der Waals surface area contributed by atoms with E-state index >= 15 is 0 Å². The summed E-state index contributed by atoms with van der Waals surface area (Å²) in [4.78, 5) is 45.5. The van der Waals surface area contributed by atoms with Gasteiger partial charge >= 0.3 is 11.9 Å². The maximum Gasteiger partial charge on any atom is 0.316 e. The number of hydrogen-bond donors (Lipinski definition) is 3. The summed E-state index contributed by atoms with van der Waals surface area (Å²) in [5, 5.41) is 32.2. The number of nitrogens with zero attached hydrogens (tertiary/aromatic N) is 2. The standard InChI is InChI=1S/C45H78N2O11.C2H6/c1-16-36(34(9)49)56-41(51)33(8)38(50)32(7)40(45(12,53)24-28(3)25-47(15)30(5)26-48)58-42-39(35(46(13)14)23-31(6)55-42)57-43(52)44(10,11)20-17-21-54-37-22-27(2)18-19-29(37)4;1-2/h18-19,22,28,30-36,39-40,42,48-49,53H,16-17,20-21,23-26H2,1-15H3;1-2H3/t28-,30-,31-,32+,33-,34?,35+,36-,39-,40-,42+,45-;/m1./s1. The lowest BCUT2D eigenvalue weighted by Gasteiger charge is -2.47. The third kappa shape index (κ3) is 16.6. The number of ketones is 1. The molecule has 1 heterocycles. The van der Waals surface area contributed by atoms with E-state index in [-0.39, 0.29) is 37.1 Å². The van der Waals surface area contributed by atoms with E-state index in [1.54, 1.807) is 20.8 Å². The van der Waals surface area contributed by atoms with Crippen molar-refractivity contribution in [2.75, 3.05) is 40.9 Å². The molecule has 60 heavy (non-hydrogen) atoms. The molecule has 0 saturated carbocycles. The van der Waals surface area contributed by atoms with Crippen LogP contribution in [-0.2, 0) is 33.3 Å². The fraction of sp³-hybridized carbons (Fsp3) is 0.809. The highest BCUT2D eigenvalue weighted by atomic mass is 16.7. The smallest absolute Gasteiger partial charge is 0.316 e. The van der Waals surface area contributed by atoms with Gasteiger partial charge in [-0.3, -0.25) is 14.4 Å². The van der Waals surface area contributed by atoms with E-state index in [4.69, 9.17) is 23.7 Å². The topological polar surface area (TPSA) is 165 Å². The van der Waals surface area contributed by atoms with Gasteiger partial charge < -0.3 is 48.8 Å². The first kappa shape index (κ1) is 55.4. The third-order valence-corrected chi connectivity index (χ3v) is 11.8. The number of ether oxygens (including phenoxy) is 5. The Morgan fingerprint density at radius 3 is 2.18 bits per heavy atom. The van der Waals surface area contributed by atoms with Gasteiger partial charge in [-0.05, 0) is 139 Å². The molecular formula is C47H84N2O11. The first-order chi connectivity index (χ1) is 27.9. The summed E-state index contributed by atoms with van der Waals surface area (Å²) in [6.07, 6.45) is -3.17. The molecule has 1 aliphatic heterocycles. The highest BCUT2D eigenvalue weighted by molar-refractivity contribution is 6.00. The molecule has 13 nitrogen and oxygen atoms in total. The minimum Gasteiger partial charge on any atom is -0.493 e. The van der Waals surface area contributed by atoms with Crippen LogP contribution in [0.4, 0.5) is 0 Å². The lowest BCUT2D eigenvalue weighted by molar-refractivity contribution is -0.297. The van der Waals surface area contributed by atoms with Crippen LogP contribution in [0.3, 0.4) is 0 Å². The molecule has 0 amide bonds. The van der Waals surface area contributed by atoms with E-state index in [9.17, 15) is 29.7 Å². The molecule has 0 spiro atoms. The Hall–Kier alpha value is -2.65. The number of carbonyl (C=O) groups excluding carboxylic acids is 3. The monoisotopic (exact) mass is 853 g/mol. The maximum atomic E-state index is 14.2. The number of hydrogen-bond acceptors (Lipinski definition) is 13. The summed E-state index contributed by atoms with van der Waals surface area (Å²) in [7, 11) is 5.69. The zero-order valence-electron chi connectivity index (χ0n) is 40.2. The minimum atomic E-state index is -1.64. The fourth-order valence-corrected chi connectivity index (χ4v) is 7.79. The third-order valence-electron chi connectivity index (χ3n) is 11.8. The molecule has 1 saturated heterocycles.